The van der Waals surface area contributed by atoms with Crippen molar-refractivity contribution in [3.63, 3.8) is 0 Å². The number of alkyl halides is 3. The van der Waals surface area contributed by atoms with Crippen LogP contribution in [0, 0.1) is 6.92 Å². The number of hydrogen-bond donors (Lipinski definition) is 1. The van der Waals surface area contributed by atoms with Crippen LogP contribution in [0.15, 0.2) is 28.8 Å². The molecule has 0 radical (unpaired) electrons. The Morgan fingerprint density at radius 3 is 2.67 bits per heavy atom. The second-order valence-electron chi connectivity index (χ2n) is 4.18. The molecule has 0 atom stereocenters. The van der Waals surface area contributed by atoms with Crippen molar-refractivity contribution in [1.29, 1.82) is 0 Å². The summed E-state index contributed by atoms with van der Waals surface area (Å²) < 4.78 is 46.0. The number of aromatic nitrogens is 1. The van der Waals surface area contributed by atoms with Crippen LogP contribution in [0.2, 0.25) is 0 Å². The average Bonchev–Trinajstić information content (AvgIpc) is 2.69. The van der Waals surface area contributed by atoms with Gasteiger partial charge in [0.15, 0.2) is 0 Å². The van der Waals surface area contributed by atoms with Crippen LogP contribution < -0.4 is 4.74 Å². The van der Waals surface area contributed by atoms with Crippen LogP contribution in [0.3, 0.4) is 0 Å². The normalized spacial score (nSPS) is 11.4. The summed E-state index contributed by atoms with van der Waals surface area (Å²) >= 11 is 0. The number of hydrogen-bond acceptors (Lipinski definition) is 4. The summed E-state index contributed by atoms with van der Waals surface area (Å²) in [4.78, 5) is 10.8. The third-order valence-corrected chi connectivity index (χ3v) is 2.68. The van der Waals surface area contributed by atoms with Gasteiger partial charge in [-0.2, -0.15) is 0 Å². The average molecular weight is 301 g/mol. The number of benzene rings is 1. The van der Waals surface area contributed by atoms with Crippen LogP contribution in [0.1, 0.15) is 11.3 Å². The molecule has 0 unspecified atom stereocenters. The smallest absolute Gasteiger partial charge is 0.481 e. The molecule has 21 heavy (non-hydrogen) atoms. The molecule has 0 amide bonds. The Kier molecular flexibility index (Phi) is 3.88. The number of nitrogens with zero attached hydrogens (tertiary/aromatic N) is 1. The number of aryl methyl sites for hydroxylation is 1. The Bertz CT molecular complexity index is 664. The number of carboxylic acid groups (broad SMARTS) is 1. The lowest BCUT2D eigenvalue weighted by Crippen LogP contribution is -2.17. The third-order valence-electron chi connectivity index (χ3n) is 2.68. The van der Waals surface area contributed by atoms with E-state index in [1.165, 1.54) is 25.1 Å². The van der Waals surface area contributed by atoms with Gasteiger partial charge in [-0.1, -0.05) is 17.3 Å². The van der Waals surface area contributed by atoms with Crippen LogP contribution in [-0.4, -0.2) is 22.6 Å². The van der Waals surface area contributed by atoms with E-state index < -0.39 is 24.5 Å². The number of carbonyl (C=O) groups is 1. The van der Waals surface area contributed by atoms with E-state index in [1.807, 2.05) is 0 Å². The predicted octanol–water partition coefficient (Wildman–Crippen LogP) is 3.18. The van der Waals surface area contributed by atoms with Crippen molar-refractivity contribution in [3.05, 3.63) is 35.6 Å². The standard InChI is InChI=1S/C13H10F3NO4/c1-7-9(6-11(18)19)12(17-21-7)8-4-2-3-5-10(8)20-13(14,15)16/h2-5H,6H2,1H3,(H,18,19). The molecule has 8 heteroatoms. The first kappa shape index (κ1) is 14.9. The van der Waals surface area contributed by atoms with Gasteiger partial charge in [0, 0.05) is 11.1 Å². The van der Waals surface area contributed by atoms with E-state index >= 15 is 0 Å². The highest BCUT2D eigenvalue weighted by molar-refractivity contribution is 5.77. The van der Waals surface area contributed by atoms with Gasteiger partial charge in [0.1, 0.15) is 17.2 Å². The Morgan fingerprint density at radius 2 is 2.05 bits per heavy atom. The summed E-state index contributed by atoms with van der Waals surface area (Å²) in [5.74, 6) is -1.38. The number of rotatable bonds is 4. The van der Waals surface area contributed by atoms with Crippen molar-refractivity contribution in [2.45, 2.75) is 19.7 Å². The topological polar surface area (TPSA) is 72.6 Å². The summed E-state index contributed by atoms with van der Waals surface area (Å²) in [5.41, 5.74) is 0.249. The van der Waals surface area contributed by atoms with E-state index in [2.05, 4.69) is 9.89 Å². The molecule has 0 bridgehead atoms. The minimum Gasteiger partial charge on any atom is -0.481 e. The molecule has 1 aromatic carbocycles. The van der Waals surface area contributed by atoms with E-state index in [0.29, 0.717) is 0 Å². The van der Waals surface area contributed by atoms with Crippen molar-refractivity contribution >= 4 is 5.97 Å². The zero-order chi connectivity index (χ0) is 15.6. The Balaban J connectivity index is 2.50. The highest BCUT2D eigenvalue weighted by atomic mass is 19.4. The first-order valence-electron chi connectivity index (χ1n) is 5.80. The van der Waals surface area contributed by atoms with Gasteiger partial charge in [-0.15, -0.1) is 13.2 Å². The molecule has 0 aliphatic rings. The molecule has 112 valence electrons. The second kappa shape index (κ2) is 5.47. The molecular formula is C13H10F3NO4. The molecule has 1 heterocycles. The third kappa shape index (κ3) is 3.53. The molecule has 0 aliphatic carbocycles. The molecular weight excluding hydrogens is 291 g/mol. The van der Waals surface area contributed by atoms with Gasteiger partial charge in [0.2, 0.25) is 0 Å². The molecule has 0 spiro atoms. The minimum absolute atomic E-state index is 0.0166. The summed E-state index contributed by atoms with van der Waals surface area (Å²) in [5, 5.41) is 12.5. The van der Waals surface area contributed by atoms with Crippen LogP contribution in [-0.2, 0) is 11.2 Å². The molecule has 1 N–H and O–H groups in total. The highest BCUT2D eigenvalue weighted by Gasteiger charge is 2.33. The lowest BCUT2D eigenvalue weighted by atomic mass is 10.0. The predicted molar refractivity (Wildman–Crippen MR) is 64.7 cm³/mol. The van der Waals surface area contributed by atoms with Crippen LogP contribution in [0.5, 0.6) is 5.75 Å². The molecule has 0 aliphatic heterocycles. The van der Waals surface area contributed by atoms with Gasteiger partial charge >= 0.3 is 12.3 Å². The summed E-state index contributed by atoms with van der Waals surface area (Å²) in [6.45, 7) is 1.49. The fourth-order valence-electron chi connectivity index (χ4n) is 1.84. The number of para-hydroxylation sites is 1. The Hall–Kier alpha value is -2.51. The van der Waals surface area contributed by atoms with Gasteiger partial charge in [-0.25, -0.2) is 0 Å². The molecule has 0 fully saturated rings. The molecule has 5 nitrogen and oxygen atoms in total. The molecule has 2 rings (SSSR count). The van der Waals surface area contributed by atoms with Crippen LogP contribution in [0.25, 0.3) is 11.3 Å². The van der Waals surface area contributed by atoms with E-state index in [0.717, 1.165) is 6.07 Å². The van der Waals surface area contributed by atoms with Crippen molar-refractivity contribution < 1.29 is 32.3 Å². The van der Waals surface area contributed by atoms with E-state index in [1.54, 1.807) is 0 Å². The SMILES string of the molecule is Cc1onc(-c2ccccc2OC(F)(F)F)c1CC(=O)O. The van der Waals surface area contributed by atoms with Gasteiger partial charge in [-0.05, 0) is 19.1 Å². The van der Waals surface area contributed by atoms with Crippen LogP contribution in [0.4, 0.5) is 13.2 Å². The van der Waals surface area contributed by atoms with Gasteiger partial charge < -0.3 is 14.4 Å². The number of ether oxygens (including phenoxy) is 1. The largest absolute Gasteiger partial charge is 0.573 e. The van der Waals surface area contributed by atoms with Gasteiger partial charge in [0.25, 0.3) is 0 Å². The lowest BCUT2D eigenvalue weighted by Gasteiger charge is -2.12. The van der Waals surface area contributed by atoms with Gasteiger partial charge in [0.05, 0.1) is 6.42 Å². The second-order valence-corrected chi connectivity index (χ2v) is 4.18. The quantitative estimate of drug-likeness (QED) is 0.939. The van der Waals surface area contributed by atoms with Crippen molar-refractivity contribution in [2.24, 2.45) is 0 Å². The summed E-state index contributed by atoms with van der Waals surface area (Å²) in [6.07, 6.45) is -5.27. The van der Waals surface area contributed by atoms with E-state index in [4.69, 9.17) is 9.63 Å². The van der Waals surface area contributed by atoms with Crippen molar-refractivity contribution in [1.82, 2.24) is 5.16 Å². The minimum atomic E-state index is -4.86. The maximum absolute atomic E-state index is 12.4. The first-order valence-corrected chi connectivity index (χ1v) is 5.80. The molecule has 0 saturated carbocycles. The number of halogens is 3. The van der Waals surface area contributed by atoms with Crippen molar-refractivity contribution in [2.75, 3.05) is 0 Å². The maximum Gasteiger partial charge on any atom is 0.573 e. The Labute approximate surface area is 116 Å². The first-order chi connectivity index (χ1) is 9.78. The zero-order valence-electron chi connectivity index (χ0n) is 10.8. The Morgan fingerprint density at radius 1 is 1.38 bits per heavy atom. The highest BCUT2D eigenvalue weighted by Crippen LogP contribution is 2.35. The van der Waals surface area contributed by atoms with Crippen molar-refractivity contribution in [3.8, 4) is 17.0 Å². The fraction of sp³-hybridized carbons (Fsp3) is 0.231. The number of aliphatic carboxylic acids is 1. The van der Waals surface area contributed by atoms with Crippen LogP contribution >= 0.6 is 0 Å². The van der Waals surface area contributed by atoms with E-state index in [-0.39, 0.29) is 22.6 Å². The lowest BCUT2D eigenvalue weighted by molar-refractivity contribution is -0.274. The molecule has 1 aromatic heterocycles. The number of carboxylic acids is 1. The maximum atomic E-state index is 12.4. The summed E-state index contributed by atoms with van der Waals surface area (Å²) in [7, 11) is 0. The molecule has 0 saturated heterocycles. The molecule has 2 aromatic rings. The summed E-state index contributed by atoms with van der Waals surface area (Å²) in [6, 6.07) is 5.34. The fourth-order valence-corrected chi connectivity index (χ4v) is 1.84. The zero-order valence-corrected chi connectivity index (χ0v) is 10.8. The van der Waals surface area contributed by atoms with E-state index in [9.17, 15) is 18.0 Å². The monoisotopic (exact) mass is 301 g/mol. The van der Waals surface area contributed by atoms with Gasteiger partial charge in [-0.3, -0.25) is 4.79 Å².